The van der Waals surface area contributed by atoms with E-state index in [1.54, 1.807) is 6.07 Å². The molecule has 0 saturated carbocycles. The molecule has 2 rings (SSSR count). The molecule has 1 aliphatic heterocycles. The van der Waals surface area contributed by atoms with Gasteiger partial charge in [0.1, 0.15) is 17.4 Å². The van der Waals surface area contributed by atoms with E-state index in [2.05, 4.69) is 10.4 Å². The van der Waals surface area contributed by atoms with E-state index in [0.717, 1.165) is 18.7 Å². The van der Waals surface area contributed by atoms with Crippen LogP contribution in [0.2, 0.25) is 0 Å². The molecule has 1 aliphatic rings. The van der Waals surface area contributed by atoms with Gasteiger partial charge in [0, 0.05) is 26.2 Å². The number of nitrogens with one attached hydrogen (secondary N) is 1. The third-order valence-electron chi connectivity index (χ3n) is 3.42. The Morgan fingerprint density at radius 2 is 2.05 bits per heavy atom. The van der Waals surface area contributed by atoms with Crippen LogP contribution in [-0.4, -0.2) is 43.0 Å². The lowest BCUT2D eigenvalue weighted by atomic mass is 10.1. The summed E-state index contributed by atoms with van der Waals surface area (Å²) < 4.78 is 13.7. The lowest BCUT2D eigenvalue weighted by molar-refractivity contribution is 0.0944. The van der Waals surface area contributed by atoms with Crippen molar-refractivity contribution in [3.8, 4) is 6.07 Å². The van der Waals surface area contributed by atoms with Gasteiger partial charge in [0.2, 0.25) is 0 Å². The van der Waals surface area contributed by atoms with Crippen LogP contribution in [0.15, 0.2) is 12.1 Å². The molecule has 2 N–H and O–H groups in total. The summed E-state index contributed by atoms with van der Waals surface area (Å²) in [6.45, 7) is 5.24. The van der Waals surface area contributed by atoms with Crippen LogP contribution in [0, 0.1) is 24.1 Å². The molecule has 6 heteroatoms. The number of piperazine rings is 1. The Kier molecular flexibility index (Phi) is 4.32. The van der Waals surface area contributed by atoms with Crippen molar-refractivity contribution in [3.05, 3.63) is 29.1 Å². The predicted molar refractivity (Wildman–Crippen MR) is 69.4 cm³/mol. The quantitative estimate of drug-likeness (QED) is 0.799. The Morgan fingerprint density at radius 1 is 1.37 bits per heavy atom. The van der Waals surface area contributed by atoms with Gasteiger partial charge in [-0.1, -0.05) is 6.07 Å². The van der Waals surface area contributed by atoms with Gasteiger partial charge in [0.05, 0.1) is 12.4 Å². The molecule has 102 valence electrons. The second-order valence-electron chi connectivity index (χ2n) is 4.62. The highest BCUT2D eigenvalue weighted by molar-refractivity contribution is 5.64. The molecule has 1 aromatic carbocycles. The molecule has 1 heterocycles. The van der Waals surface area contributed by atoms with Gasteiger partial charge in [-0.25, -0.2) is 4.39 Å². The highest BCUT2D eigenvalue weighted by Crippen LogP contribution is 2.27. The minimum atomic E-state index is -0.470. The van der Waals surface area contributed by atoms with Crippen LogP contribution in [0.3, 0.4) is 0 Å². The van der Waals surface area contributed by atoms with E-state index >= 15 is 0 Å². The number of aryl methyl sites for hydroxylation is 1. The van der Waals surface area contributed by atoms with Crippen LogP contribution < -0.4 is 10.4 Å². The van der Waals surface area contributed by atoms with Gasteiger partial charge in [-0.2, -0.15) is 10.7 Å². The summed E-state index contributed by atoms with van der Waals surface area (Å²) in [7, 11) is 0. The Balaban J connectivity index is 2.20. The second kappa shape index (κ2) is 5.97. The zero-order valence-electron chi connectivity index (χ0n) is 10.9. The molecule has 0 spiro atoms. The zero-order chi connectivity index (χ0) is 13.8. The van der Waals surface area contributed by atoms with Crippen molar-refractivity contribution < 1.29 is 9.60 Å². The van der Waals surface area contributed by atoms with E-state index in [0.29, 0.717) is 25.4 Å². The third-order valence-corrected chi connectivity index (χ3v) is 3.42. The molecule has 0 aliphatic carbocycles. The third kappa shape index (κ3) is 2.84. The topological polar surface area (TPSA) is 62.5 Å². The van der Waals surface area contributed by atoms with Gasteiger partial charge in [-0.3, -0.25) is 4.90 Å². The van der Waals surface area contributed by atoms with Crippen LogP contribution in [-0.2, 0) is 0 Å². The van der Waals surface area contributed by atoms with E-state index in [-0.39, 0.29) is 5.56 Å². The van der Waals surface area contributed by atoms with Crippen molar-refractivity contribution in [2.45, 2.75) is 6.92 Å². The summed E-state index contributed by atoms with van der Waals surface area (Å²) in [5, 5.41) is 17.8. The van der Waals surface area contributed by atoms with Crippen molar-refractivity contribution in [1.29, 1.82) is 5.26 Å². The Hall–Kier alpha value is -1.68. The molecule has 0 amide bonds. The predicted octanol–water partition coefficient (Wildman–Crippen LogP) is 1.06. The molecule has 1 aromatic rings. The Labute approximate surface area is 111 Å². The number of anilines is 1. The van der Waals surface area contributed by atoms with E-state index in [1.165, 1.54) is 6.07 Å². The van der Waals surface area contributed by atoms with Crippen LogP contribution in [0.25, 0.3) is 0 Å². The first kappa shape index (κ1) is 13.7. The van der Waals surface area contributed by atoms with E-state index in [1.807, 2.05) is 17.9 Å². The molecule has 19 heavy (non-hydrogen) atoms. The van der Waals surface area contributed by atoms with Crippen molar-refractivity contribution in [1.82, 2.24) is 10.4 Å². The maximum absolute atomic E-state index is 13.7. The summed E-state index contributed by atoms with van der Waals surface area (Å²) in [4.78, 5) is 4.09. The number of hydrogen-bond acceptors (Lipinski definition) is 5. The SMILES string of the molecule is Cc1ccc(F)c(C#N)c1N1CCN(CNO)CC1. The van der Waals surface area contributed by atoms with Gasteiger partial charge in [0.15, 0.2) is 0 Å². The number of hydroxylamine groups is 1. The fraction of sp³-hybridized carbons (Fsp3) is 0.462. The fourth-order valence-corrected chi connectivity index (χ4v) is 2.41. The van der Waals surface area contributed by atoms with Crippen LogP contribution in [0.5, 0.6) is 0 Å². The summed E-state index contributed by atoms with van der Waals surface area (Å²) in [6.07, 6.45) is 0. The first-order valence-corrected chi connectivity index (χ1v) is 6.21. The summed E-state index contributed by atoms with van der Waals surface area (Å²) in [6, 6.07) is 4.99. The van der Waals surface area contributed by atoms with Crippen LogP contribution in [0.4, 0.5) is 10.1 Å². The lowest BCUT2D eigenvalue weighted by Gasteiger charge is -2.36. The Morgan fingerprint density at radius 3 is 2.63 bits per heavy atom. The fourth-order valence-electron chi connectivity index (χ4n) is 2.41. The summed E-state index contributed by atoms with van der Waals surface area (Å²) >= 11 is 0. The smallest absolute Gasteiger partial charge is 0.143 e. The zero-order valence-corrected chi connectivity index (χ0v) is 10.9. The molecule has 0 unspecified atom stereocenters. The van der Waals surface area contributed by atoms with Crippen molar-refractivity contribution in [3.63, 3.8) is 0 Å². The van der Waals surface area contributed by atoms with E-state index < -0.39 is 5.82 Å². The van der Waals surface area contributed by atoms with Gasteiger partial charge in [-0.15, -0.1) is 0 Å². The average molecular weight is 264 g/mol. The summed E-state index contributed by atoms with van der Waals surface area (Å²) in [5.41, 5.74) is 3.85. The molecule has 1 saturated heterocycles. The van der Waals surface area contributed by atoms with Gasteiger partial charge >= 0.3 is 0 Å². The lowest BCUT2D eigenvalue weighted by Crippen LogP contribution is -2.49. The van der Waals surface area contributed by atoms with Crippen LogP contribution >= 0.6 is 0 Å². The van der Waals surface area contributed by atoms with E-state index in [9.17, 15) is 4.39 Å². The van der Waals surface area contributed by atoms with Gasteiger partial charge < -0.3 is 10.1 Å². The standard InChI is InChI=1S/C13H17FN4O/c1-10-2-3-12(14)11(8-15)13(10)18-6-4-17(5-7-18)9-16-19/h2-3,16,19H,4-7,9H2,1H3. The first-order chi connectivity index (χ1) is 9.17. The maximum atomic E-state index is 13.7. The van der Waals surface area contributed by atoms with Gasteiger partial charge in [-0.05, 0) is 18.6 Å². The van der Waals surface area contributed by atoms with Crippen molar-refractivity contribution >= 4 is 5.69 Å². The normalized spacial score (nSPS) is 16.4. The number of rotatable bonds is 3. The van der Waals surface area contributed by atoms with Crippen molar-refractivity contribution in [2.24, 2.45) is 0 Å². The average Bonchev–Trinajstić information content (AvgIpc) is 2.42. The largest absolute Gasteiger partial charge is 0.368 e. The summed E-state index contributed by atoms with van der Waals surface area (Å²) in [5.74, 6) is -0.470. The molecule has 5 nitrogen and oxygen atoms in total. The number of benzene rings is 1. The number of halogens is 1. The van der Waals surface area contributed by atoms with E-state index in [4.69, 9.17) is 10.5 Å². The molecule has 1 fully saturated rings. The maximum Gasteiger partial charge on any atom is 0.143 e. The molecular formula is C13H17FN4O. The highest BCUT2D eigenvalue weighted by atomic mass is 19.1. The monoisotopic (exact) mass is 264 g/mol. The first-order valence-electron chi connectivity index (χ1n) is 6.21. The van der Waals surface area contributed by atoms with Crippen molar-refractivity contribution in [2.75, 3.05) is 37.7 Å². The number of nitriles is 1. The Bertz CT molecular complexity index is 492. The molecule has 0 atom stereocenters. The minimum absolute atomic E-state index is 0.119. The molecule has 0 aromatic heterocycles. The second-order valence-corrected chi connectivity index (χ2v) is 4.62. The molecule has 0 radical (unpaired) electrons. The minimum Gasteiger partial charge on any atom is -0.368 e. The number of nitrogens with zero attached hydrogens (tertiary/aromatic N) is 3. The van der Waals surface area contributed by atoms with Crippen LogP contribution in [0.1, 0.15) is 11.1 Å². The molecular weight excluding hydrogens is 247 g/mol. The van der Waals surface area contributed by atoms with Gasteiger partial charge in [0.25, 0.3) is 0 Å². The molecule has 0 bridgehead atoms. The number of hydrogen-bond donors (Lipinski definition) is 2. The highest BCUT2D eigenvalue weighted by Gasteiger charge is 2.22.